The van der Waals surface area contributed by atoms with Crippen molar-refractivity contribution in [3.8, 4) is 0 Å². The summed E-state index contributed by atoms with van der Waals surface area (Å²) in [5.74, 6) is 0. The third-order valence-corrected chi connectivity index (χ3v) is 2.29. The molecule has 14 heavy (non-hydrogen) atoms. The van der Waals surface area contributed by atoms with E-state index < -0.39 is 7.71 Å². The summed E-state index contributed by atoms with van der Waals surface area (Å²) in [4.78, 5) is 0. The minimum absolute atomic E-state index is 0.240. The molecule has 1 aliphatic heterocycles. The van der Waals surface area contributed by atoms with E-state index in [0.29, 0.717) is 0 Å². The second kappa shape index (κ2) is 4.32. The topological polar surface area (TPSA) is 27.6 Å². The summed E-state index contributed by atoms with van der Waals surface area (Å²) in [6, 6.07) is 0. The number of hydrazone groups is 1. The molecule has 0 fully saturated rings. The Morgan fingerprint density at radius 3 is 2.14 bits per heavy atom. The van der Waals surface area contributed by atoms with Crippen LogP contribution in [0.25, 0.3) is 0 Å². The molecule has 0 radical (unpaired) electrons. The van der Waals surface area contributed by atoms with Gasteiger partial charge in [-0.05, 0) is 6.08 Å². The average Bonchev–Trinajstić information content (AvgIpc) is 2.01. The first-order valence-corrected chi connectivity index (χ1v) is 5.43. The number of alkyl halides is 6. The maximum atomic E-state index is 5.61. The van der Waals surface area contributed by atoms with Crippen molar-refractivity contribution in [2.24, 2.45) is 5.10 Å². The molecule has 0 aromatic carbocycles. The fraction of sp³-hybridized carbons (Fsp3) is 0.400. The van der Waals surface area contributed by atoms with Gasteiger partial charge in [0.05, 0.1) is 11.9 Å². The molecule has 0 aromatic rings. The van der Waals surface area contributed by atoms with Crippen molar-refractivity contribution in [2.45, 2.75) is 7.71 Å². The Hall–Kier alpha value is 0.750. The quantitative estimate of drug-likeness (QED) is 0.548. The van der Waals surface area contributed by atoms with E-state index in [2.05, 4.69) is 10.5 Å². The van der Waals surface area contributed by atoms with Crippen LogP contribution in [0.5, 0.6) is 0 Å². The van der Waals surface area contributed by atoms with E-state index in [4.69, 9.17) is 69.6 Å². The van der Waals surface area contributed by atoms with Gasteiger partial charge in [0.25, 0.3) is 0 Å². The molecule has 0 saturated carbocycles. The summed E-state index contributed by atoms with van der Waals surface area (Å²) >= 11 is 33.5. The Kier molecular flexibility index (Phi) is 3.95. The summed E-state index contributed by atoms with van der Waals surface area (Å²) in [5, 5.41) is 4.65. The van der Waals surface area contributed by atoms with Gasteiger partial charge in [-0.15, -0.1) is 0 Å². The Bertz CT molecular complexity index is 274. The maximum absolute atomic E-state index is 5.61. The van der Waals surface area contributed by atoms with E-state index in [0.717, 1.165) is 5.12 Å². The van der Waals surface area contributed by atoms with Crippen LogP contribution in [0.1, 0.15) is 0 Å². The summed E-state index contributed by atoms with van der Waals surface area (Å²) in [5.41, 5.74) is 2.78. The van der Waals surface area contributed by atoms with Crippen LogP contribution in [0.3, 0.4) is 0 Å². The standard InChI is InChI=1S/C5H3Cl6N3/c6-4(7,8)3-1-2-12-14(13-3)5(9,10)11/h1-2,13H. The molecule has 0 atom stereocenters. The monoisotopic (exact) mass is 315 g/mol. The number of nitrogens with one attached hydrogen (secondary N) is 1. The summed E-state index contributed by atoms with van der Waals surface area (Å²) in [6.45, 7) is 0. The van der Waals surface area contributed by atoms with E-state index in [9.17, 15) is 0 Å². The van der Waals surface area contributed by atoms with E-state index in [1.54, 1.807) is 0 Å². The normalized spacial score (nSPS) is 17.9. The molecule has 0 spiro atoms. The van der Waals surface area contributed by atoms with E-state index in [1.807, 2.05) is 0 Å². The molecular weight excluding hydrogens is 315 g/mol. The number of nitrogens with zero attached hydrogens (tertiary/aromatic N) is 2. The highest BCUT2D eigenvalue weighted by atomic mass is 35.6. The van der Waals surface area contributed by atoms with Crippen LogP contribution in [-0.2, 0) is 0 Å². The zero-order valence-corrected chi connectivity index (χ0v) is 10.9. The van der Waals surface area contributed by atoms with Crippen LogP contribution in [0.2, 0.25) is 0 Å². The van der Waals surface area contributed by atoms with Crippen molar-refractivity contribution in [1.82, 2.24) is 10.5 Å². The van der Waals surface area contributed by atoms with Gasteiger partial charge < -0.3 is 0 Å². The minimum Gasteiger partial charge on any atom is -0.278 e. The molecular formula is C5H3Cl6N3. The van der Waals surface area contributed by atoms with E-state index in [-0.39, 0.29) is 5.70 Å². The average molecular weight is 318 g/mol. The molecule has 0 aliphatic carbocycles. The molecule has 1 rings (SSSR count). The van der Waals surface area contributed by atoms with Crippen molar-refractivity contribution >= 4 is 75.8 Å². The van der Waals surface area contributed by atoms with Crippen LogP contribution in [0.15, 0.2) is 16.9 Å². The van der Waals surface area contributed by atoms with Crippen molar-refractivity contribution in [3.63, 3.8) is 0 Å². The molecule has 1 N–H and O–H groups in total. The number of rotatable bonds is 0. The smallest absolute Gasteiger partial charge is 0.278 e. The predicted octanol–water partition coefficient (Wildman–Crippen LogP) is 3.37. The SMILES string of the molecule is ClC(Cl)(Cl)C1=CC=NN(C(Cl)(Cl)Cl)N1. The number of hydrazine groups is 1. The third-order valence-electron chi connectivity index (χ3n) is 1.20. The van der Waals surface area contributed by atoms with Crippen LogP contribution in [-0.4, -0.2) is 19.0 Å². The van der Waals surface area contributed by atoms with Crippen molar-refractivity contribution in [3.05, 3.63) is 11.8 Å². The lowest BCUT2D eigenvalue weighted by atomic mass is 10.4. The highest BCUT2D eigenvalue weighted by Gasteiger charge is 2.35. The minimum atomic E-state index is -1.76. The Morgan fingerprint density at radius 1 is 1.14 bits per heavy atom. The second-order valence-corrected chi connectivity index (χ2v) is 6.74. The van der Waals surface area contributed by atoms with Gasteiger partial charge in [-0.2, -0.15) is 10.2 Å². The van der Waals surface area contributed by atoms with Crippen LogP contribution >= 0.6 is 69.6 Å². The lowest BCUT2D eigenvalue weighted by molar-refractivity contribution is 0.217. The predicted molar refractivity (Wildman–Crippen MR) is 62.1 cm³/mol. The van der Waals surface area contributed by atoms with Crippen LogP contribution in [0, 0.1) is 0 Å². The number of allylic oxidation sites excluding steroid dienone is 2. The molecule has 1 aliphatic rings. The highest BCUT2D eigenvalue weighted by molar-refractivity contribution is 6.69. The van der Waals surface area contributed by atoms with Crippen molar-refractivity contribution < 1.29 is 0 Å². The maximum Gasteiger partial charge on any atom is 0.301 e. The van der Waals surface area contributed by atoms with Gasteiger partial charge in [0.15, 0.2) is 0 Å². The Balaban J connectivity index is 2.80. The molecule has 0 saturated heterocycles. The highest BCUT2D eigenvalue weighted by Crippen LogP contribution is 2.36. The first-order chi connectivity index (χ1) is 6.21. The van der Waals surface area contributed by atoms with Gasteiger partial charge in [-0.25, -0.2) is 0 Å². The van der Waals surface area contributed by atoms with Gasteiger partial charge in [-0.3, -0.25) is 5.43 Å². The third kappa shape index (κ3) is 3.40. The van der Waals surface area contributed by atoms with Crippen molar-refractivity contribution in [1.29, 1.82) is 0 Å². The van der Waals surface area contributed by atoms with Crippen LogP contribution < -0.4 is 5.43 Å². The molecule has 0 unspecified atom stereocenters. The number of halogens is 6. The molecule has 0 amide bonds. The van der Waals surface area contributed by atoms with E-state index in [1.165, 1.54) is 12.3 Å². The van der Waals surface area contributed by atoms with E-state index >= 15 is 0 Å². The molecule has 80 valence electrons. The zero-order chi connectivity index (χ0) is 11.0. The molecule has 3 nitrogen and oxygen atoms in total. The lowest BCUT2D eigenvalue weighted by Gasteiger charge is -2.32. The molecule has 0 bridgehead atoms. The summed E-state index contributed by atoms with van der Waals surface area (Å²) in [7, 11) is 0. The second-order valence-electron chi connectivity index (χ2n) is 2.23. The first kappa shape index (κ1) is 12.8. The first-order valence-electron chi connectivity index (χ1n) is 3.16. The van der Waals surface area contributed by atoms with Gasteiger partial charge >= 0.3 is 3.92 Å². The van der Waals surface area contributed by atoms with Crippen LogP contribution in [0.4, 0.5) is 0 Å². The number of hydrogen-bond donors (Lipinski definition) is 1. The Labute approximate surface area is 110 Å². The molecule has 1 heterocycles. The van der Waals surface area contributed by atoms with Gasteiger partial charge in [0.2, 0.25) is 3.79 Å². The fourth-order valence-corrected chi connectivity index (χ4v) is 1.21. The zero-order valence-electron chi connectivity index (χ0n) is 6.32. The van der Waals surface area contributed by atoms with Gasteiger partial charge in [0.1, 0.15) is 0 Å². The Morgan fingerprint density at radius 2 is 1.71 bits per heavy atom. The van der Waals surface area contributed by atoms with Gasteiger partial charge in [0, 0.05) is 0 Å². The fourth-order valence-electron chi connectivity index (χ4n) is 0.641. The van der Waals surface area contributed by atoms with Crippen molar-refractivity contribution in [2.75, 3.05) is 0 Å². The number of hydrogen-bond acceptors (Lipinski definition) is 3. The lowest BCUT2D eigenvalue weighted by Crippen LogP contribution is -2.45. The van der Waals surface area contributed by atoms with Gasteiger partial charge in [-0.1, -0.05) is 69.6 Å². The molecule has 9 heteroatoms. The summed E-state index contributed by atoms with van der Waals surface area (Å²) < 4.78 is -3.38. The molecule has 0 aromatic heterocycles. The summed E-state index contributed by atoms with van der Waals surface area (Å²) in [6.07, 6.45) is 2.80. The largest absolute Gasteiger partial charge is 0.301 e.